The summed E-state index contributed by atoms with van der Waals surface area (Å²) in [5.41, 5.74) is 6.76. The van der Waals surface area contributed by atoms with Crippen LogP contribution in [0.1, 0.15) is 25.5 Å². The van der Waals surface area contributed by atoms with Crippen LogP contribution in [-0.2, 0) is 6.54 Å². The summed E-state index contributed by atoms with van der Waals surface area (Å²) >= 11 is 3.41. The summed E-state index contributed by atoms with van der Waals surface area (Å²) < 4.78 is 8.48. The molecule has 0 bridgehead atoms. The SMILES string of the molecule is CC(C)c1c(N)nnn1CCOc1cccc(Br)c1. The maximum atomic E-state index is 5.80. The molecule has 1 aromatic heterocycles. The Hall–Kier alpha value is -1.56. The Morgan fingerprint density at radius 1 is 1.42 bits per heavy atom. The molecule has 0 unspecified atom stereocenters. The number of nitrogens with zero attached hydrogens (tertiary/aromatic N) is 3. The molecular formula is C13H17BrN4O. The van der Waals surface area contributed by atoms with Gasteiger partial charge in [0, 0.05) is 4.47 Å². The van der Waals surface area contributed by atoms with Gasteiger partial charge in [0.25, 0.3) is 0 Å². The summed E-state index contributed by atoms with van der Waals surface area (Å²) in [6.07, 6.45) is 0. The predicted octanol–water partition coefficient (Wildman–Crippen LogP) is 2.83. The molecule has 2 aromatic rings. The van der Waals surface area contributed by atoms with E-state index in [1.165, 1.54) is 0 Å². The molecule has 0 spiro atoms. The molecule has 0 saturated carbocycles. The molecular weight excluding hydrogens is 308 g/mol. The van der Waals surface area contributed by atoms with Gasteiger partial charge in [-0.3, -0.25) is 0 Å². The Morgan fingerprint density at radius 2 is 2.21 bits per heavy atom. The molecule has 1 aromatic carbocycles. The van der Waals surface area contributed by atoms with Gasteiger partial charge in [-0.2, -0.15) is 0 Å². The second kappa shape index (κ2) is 6.06. The first-order chi connectivity index (χ1) is 9.08. The van der Waals surface area contributed by atoms with Gasteiger partial charge in [0.15, 0.2) is 5.82 Å². The third kappa shape index (κ3) is 3.47. The highest BCUT2D eigenvalue weighted by molar-refractivity contribution is 9.10. The molecule has 0 amide bonds. The molecule has 5 nitrogen and oxygen atoms in total. The highest BCUT2D eigenvalue weighted by atomic mass is 79.9. The second-order valence-corrected chi connectivity index (χ2v) is 5.46. The maximum absolute atomic E-state index is 5.80. The van der Waals surface area contributed by atoms with E-state index in [1.807, 2.05) is 24.3 Å². The average Bonchev–Trinajstić information content (AvgIpc) is 2.71. The number of aromatic nitrogens is 3. The largest absolute Gasteiger partial charge is 0.492 e. The van der Waals surface area contributed by atoms with Crippen LogP contribution < -0.4 is 10.5 Å². The molecule has 6 heteroatoms. The Kier molecular flexibility index (Phi) is 4.42. The average molecular weight is 325 g/mol. The number of ether oxygens (including phenoxy) is 1. The molecule has 0 atom stereocenters. The van der Waals surface area contributed by atoms with Crippen LogP contribution in [0.4, 0.5) is 5.82 Å². The van der Waals surface area contributed by atoms with E-state index in [0.717, 1.165) is 15.9 Å². The van der Waals surface area contributed by atoms with Crippen LogP contribution in [0.15, 0.2) is 28.7 Å². The molecule has 2 N–H and O–H groups in total. The number of benzene rings is 1. The molecule has 0 radical (unpaired) electrons. The number of rotatable bonds is 5. The van der Waals surface area contributed by atoms with Crippen LogP contribution in [0.2, 0.25) is 0 Å². The second-order valence-electron chi connectivity index (χ2n) is 4.54. The van der Waals surface area contributed by atoms with E-state index < -0.39 is 0 Å². The van der Waals surface area contributed by atoms with Gasteiger partial charge in [0.1, 0.15) is 12.4 Å². The van der Waals surface area contributed by atoms with Crippen molar-refractivity contribution in [3.05, 3.63) is 34.4 Å². The van der Waals surface area contributed by atoms with Crippen LogP contribution in [0, 0.1) is 0 Å². The number of halogens is 1. The van der Waals surface area contributed by atoms with Crippen molar-refractivity contribution in [2.45, 2.75) is 26.3 Å². The Labute approximate surface area is 120 Å². The minimum atomic E-state index is 0.292. The summed E-state index contributed by atoms with van der Waals surface area (Å²) in [6.45, 7) is 5.30. The first-order valence-electron chi connectivity index (χ1n) is 6.15. The van der Waals surface area contributed by atoms with E-state index in [4.69, 9.17) is 10.5 Å². The van der Waals surface area contributed by atoms with Crippen LogP contribution in [0.25, 0.3) is 0 Å². The van der Waals surface area contributed by atoms with Crippen molar-refractivity contribution >= 4 is 21.7 Å². The van der Waals surface area contributed by atoms with Crippen molar-refractivity contribution in [1.29, 1.82) is 0 Å². The predicted molar refractivity (Wildman–Crippen MR) is 78.2 cm³/mol. The van der Waals surface area contributed by atoms with Crippen LogP contribution in [-0.4, -0.2) is 21.6 Å². The van der Waals surface area contributed by atoms with Crippen molar-refractivity contribution in [3.8, 4) is 5.75 Å². The van der Waals surface area contributed by atoms with E-state index in [2.05, 4.69) is 40.1 Å². The molecule has 0 aliphatic heterocycles. The highest BCUT2D eigenvalue weighted by Crippen LogP contribution is 2.20. The van der Waals surface area contributed by atoms with Crippen LogP contribution in [0.3, 0.4) is 0 Å². The molecule has 19 heavy (non-hydrogen) atoms. The van der Waals surface area contributed by atoms with Crippen LogP contribution >= 0.6 is 15.9 Å². The van der Waals surface area contributed by atoms with Gasteiger partial charge in [-0.05, 0) is 24.1 Å². The van der Waals surface area contributed by atoms with Crippen molar-refractivity contribution in [1.82, 2.24) is 15.0 Å². The molecule has 0 saturated heterocycles. The van der Waals surface area contributed by atoms with Crippen molar-refractivity contribution in [2.75, 3.05) is 12.3 Å². The first-order valence-corrected chi connectivity index (χ1v) is 6.94. The van der Waals surface area contributed by atoms with E-state index in [0.29, 0.717) is 24.9 Å². The fourth-order valence-electron chi connectivity index (χ4n) is 1.90. The number of hydrogen-bond donors (Lipinski definition) is 1. The first kappa shape index (κ1) is 13.9. The highest BCUT2D eigenvalue weighted by Gasteiger charge is 2.13. The van der Waals surface area contributed by atoms with Gasteiger partial charge in [-0.15, -0.1) is 5.10 Å². The number of nitrogens with two attached hydrogens (primary N) is 1. The Balaban J connectivity index is 1.96. The third-order valence-electron chi connectivity index (χ3n) is 2.72. The topological polar surface area (TPSA) is 66.0 Å². The number of hydrogen-bond acceptors (Lipinski definition) is 4. The zero-order chi connectivity index (χ0) is 13.8. The van der Waals surface area contributed by atoms with Gasteiger partial charge < -0.3 is 10.5 Å². The van der Waals surface area contributed by atoms with E-state index in [1.54, 1.807) is 4.68 Å². The minimum absolute atomic E-state index is 0.292. The molecule has 1 heterocycles. The van der Waals surface area contributed by atoms with Gasteiger partial charge in [0.2, 0.25) is 0 Å². The quantitative estimate of drug-likeness (QED) is 0.918. The third-order valence-corrected chi connectivity index (χ3v) is 3.21. The zero-order valence-corrected chi connectivity index (χ0v) is 12.6. The van der Waals surface area contributed by atoms with E-state index in [-0.39, 0.29) is 0 Å². The fourth-order valence-corrected chi connectivity index (χ4v) is 2.28. The van der Waals surface area contributed by atoms with Crippen LogP contribution in [0.5, 0.6) is 5.75 Å². The van der Waals surface area contributed by atoms with Crippen molar-refractivity contribution in [3.63, 3.8) is 0 Å². The lowest BCUT2D eigenvalue weighted by Gasteiger charge is -2.10. The summed E-state index contributed by atoms with van der Waals surface area (Å²) in [7, 11) is 0. The van der Waals surface area contributed by atoms with Crippen molar-refractivity contribution < 1.29 is 4.74 Å². The normalized spacial score (nSPS) is 10.9. The van der Waals surface area contributed by atoms with Gasteiger partial charge in [-0.25, -0.2) is 4.68 Å². The monoisotopic (exact) mass is 324 g/mol. The molecule has 2 rings (SSSR count). The van der Waals surface area contributed by atoms with Gasteiger partial charge in [-0.1, -0.05) is 41.1 Å². The lowest BCUT2D eigenvalue weighted by Crippen LogP contribution is -2.13. The van der Waals surface area contributed by atoms with Gasteiger partial charge >= 0.3 is 0 Å². The molecule has 0 fully saturated rings. The van der Waals surface area contributed by atoms with Crippen molar-refractivity contribution in [2.24, 2.45) is 0 Å². The van der Waals surface area contributed by atoms with Gasteiger partial charge in [0.05, 0.1) is 12.2 Å². The summed E-state index contributed by atoms with van der Waals surface area (Å²) in [4.78, 5) is 0. The maximum Gasteiger partial charge on any atom is 0.169 e. The number of anilines is 1. The Bertz CT molecular complexity index is 553. The van der Waals surface area contributed by atoms with E-state index in [9.17, 15) is 0 Å². The molecule has 102 valence electrons. The number of nitrogen functional groups attached to an aromatic ring is 1. The molecule has 0 aliphatic rings. The standard InChI is InChI=1S/C13H17BrN4O/c1-9(2)12-13(15)16-17-18(12)6-7-19-11-5-3-4-10(14)8-11/h3-5,8-9H,6-7,15H2,1-2H3. The minimum Gasteiger partial charge on any atom is -0.492 e. The summed E-state index contributed by atoms with van der Waals surface area (Å²) in [5.74, 6) is 1.62. The zero-order valence-electron chi connectivity index (χ0n) is 11.0. The summed E-state index contributed by atoms with van der Waals surface area (Å²) in [6, 6.07) is 7.75. The lowest BCUT2D eigenvalue weighted by molar-refractivity contribution is 0.286. The lowest BCUT2D eigenvalue weighted by atomic mass is 10.1. The Morgan fingerprint density at radius 3 is 2.89 bits per heavy atom. The van der Waals surface area contributed by atoms with E-state index >= 15 is 0 Å². The summed E-state index contributed by atoms with van der Waals surface area (Å²) in [5, 5.41) is 7.94. The fraction of sp³-hybridized carbons (Fsp3) is 0.385. The molecule has 0 aliphatic carbocycles. The smallest absolute Gasteiger partial charge is 0.169 e.